The number of rotatable bonds is 4. The van der Waals surface area contributed by atoms with Crippen LogP contribution in [0.5, 0.6) is 5.75 Å². The average Bonchev–Trinajstić information content (AvgIpc) is 2.40. The van der Waals surface area contributed by atoms with Gasteiger partial charge in [0.05, 0.1) is 11.5 Å². The molecule has 132 valence electrons. The lowest BCUT2D eigenvalue weighted by Gasteiger charge is -2.40. The number of amides is 2. The van der Waals surface area contributed by atoms with E-state index in [2.05, 4.69) is 10.1 Å². The lowest BCUT2D eigenvalue weighted by Crippen LogP contribution is -2.62. The zero-order valence-corrected chi connectivity index (χ0v) is 13.6. The average molecular weight is 344 g/mol. The molecule has 1 saturated heterocycles. The van der Waals surface area contributed by atoms with Gasteiger partial charge in [0.2, 0.25) is 11.8 Å². The number of hydrogen-bond acceptors (Lipinski definition) is 3. The zero-order valence-electron chi connectivity index (χ0n) is 13.6. The molecule has 1 aliphatic rings. The molecule has 0 atom stereocenters. The first-order valence-electron chi connectivity index (χ1n) is 7.42. The second kappa shape index (κ2) is 6.33. The van der Waals surface area contributed by atoms with E-state index in [1.54, 1.807) is 18.7 Å². The van der Waals surface area contributed by atoms with Crippen molar-refractivity contribution in [2.24, 2.45) is 0 Å². The lowest BCUT2D eigenvalue weighted by atomic mass is 9.83. The van der Waals surface area contributed by atoms with Crippen molar-refractivity contribution in [3.63, 3.8) is 0 Å². The highest BCUT2D eigenvalue weighted by molar-refractivity contribution is 5.88. The van der Waals surface area contributed by atoms with E-state index in [1.165, 1.54) is 31.2 Å². The Kier molecular flexibility index (Phi) is 4.77. The second-order valence-electron chi connectivity index (χ2n) is 6.29. The first-order valence-corrected chi connectivity index (χ1v) is 7.42. The van der Waals surface area contributed by atoms with Crippen molar-refractivity contribution in [2.75, 3.05) is 13.1 Å². The van der Waals surface area contributed by atoms with Crippen molar-refractivity contribution in [3.8, 4) is 5.75 Å². The standard InChI is InChI=1S/C16H19F3N2O3/c1-10(22)21-8-12(9-21)20-14(23)15(2,3)11-4-6-13(7-5-11)24-16(17,18)19/h4-7,12H,8-9H2,1-3H3,(H,20,23). The fourth-order valence-corrected chi connectivity index (χ4v) is 2.40. The van der Waals surface area contributed by atoms with Crippen LogP contribution in [-0.4, -0.2) is 42.2 Å². The molecule has 1 fully saturated rings. The summed E-state index contributed by atoms with van der Waals surface area (Å²) in [7, 11) is 0. The highest BCUT2D eigenvalue weighted by Gasteiger charge is 2.36. The summed E-state index contributed by atoms with van der Waals surface area (Å²) in [6, 6.07) is 5.12. The molecule has 0 bridgehead atoms. The predicted molar refractivity (Wildman–Crippen MR) is 80.3 cm³/mol. The van der Waals surface area contributed by atoms with Crippen molar-refractivity contribution < 1.29 is 27.5 Å². The summed E-state index contributed by atoms with van der Waals surface area (Å²) in [5, 5.41) is 2.85. The topological polar surface area (TPSA) is 58.6 Å². The van der Waals surface area contributed by atoms with Crippen molar-refractivity contribution >= 4 is 11.8 Å². The van der Waals surface area contributed by atoms with Gasteiger partial charge in [-0.15, -0.1) is 13.2 Å². The summed E-state index contributed by atoms with van der Waals surface area (Å²) in [5.74, 6) is -0.626. The molecule has 2 rings (SSSR count). The SMILES string of the molecule is CC(=O)N1CC(NC(=O)C(C)(C)c2ccc(OC(F)(F)F)cc2)C1. The van der Waals surface area contributed by atoms with E-state index in [-0.39, 0.29) is 23.6 Å². The number of hydrogen-bond donors (Lipinski definition) is 1. The molecule has 8 heteroatoms. The minimum absolute atomic E-state index is 0.0417. The van der Waals surface area contributed by atoms with Gasteiger partial charge in [-0.25, -0.2) is 0 Å². The van der Waals surface area contributed by atoms with E-state index in [1.807, 2.05) is 0 Å². The molecule has 0 aliphatic carbocycles. The molecule has 0 spiro atoms. The van der Waals surface area contributed by atoms with Gasteiger partial charge in [0, 0.05) is 20.0 Å². The van der Waals surface area contributed by atoms with Crippen molar-refractivity contribution in [1.82, 2.24) is 10.2 Å². The minimum atomic E-state index is -4.75. The Bertz CT molecular complexity index is 620. The Morgan fingerprint density at radius 1 is 1.17 bits per heavy atom. The molecular formula is C16H19F3N2O3. The normalized spacial score (nSPS) is 15.7. The Morgan fingerprint density at radius 3 is 2.17 bits per heavy atom. The molecule has 1 aromatic rings. The Hall–Kier alpha value is -2.25. The van der Waals surface area contributed by atoms with Crippen molar-refractivity contribution in [1.29, 1.82) is 0 Å². The number of carbonyl (C=O) groups is 2. The van der Waals surface area contributed by atoms with Gasteiger partial charge in [-0.05, 0) is 31.5 Å². The fourth-order valence-electron chi connectivity index (χ4n) is 2.40. The first kappa shape index (κ1) is 18.1. The molecule has 5 nitrogen and oxygen atoms in total. The number of alkyl halides is 3. The third-order valence-electron chi connectivity index (χ3n) is 4.04. The zero-order chi connectivity index (χ0) is 18.1. The van der Waals surface area contributed by atoms with Gasteiger partial charge in [0.25, 0.3) is 0 Å². The maximum Gasteiger partial charge on any atom is 0.573 e. The van der Waals surface area contributed by atoms with E-state index >= 15 is 0 Å². The van der Waals surface area contributed by atoms with E-state index in [4.69, 9.17) is 0 Å². The van der Waals surface area contributed by atoms with Crippen LogP contribution in [0.25, 0.3) is 0 Å². The summed E-state index contributed by atoms with van der Waals surface area (Å²) in [5.41, 5.74) is -0.356. The molecule has 1 aromatic carbocycles. The van der Waals surface area contributed by atoms with Crippen LogP contribution in [0.15, 0.2) is 24.3 Å². The summed E-state index contributed by atoms with van der Waals surface area (Å²) in [6.45, 7) is 5.77. The van der Waals surface area contributed by atoms with Crippen LogP contribution in [0.1, 0.15) is 26.3 Å². The van der Waals surface area contributed by atoms with Gasteiger partial charge in [0.15, 0.2) is 0 Å². The molecule has 0 aromatic heterocycles. The Morgan fingerprint density at radius 2 is 1.71 bits per heavy atom. The largest absolute Gasteiger partial charge is 0.573 e. The number of benzene rings is 1. The quantitative estimate of drug-likeness (QED) is 0.911. The molecular weight excluding hydrogens is 325 g/mol. The summed E-state index contributed by atoms with van der Waals surface area (Å²) >= 11 is 0. The van der Waals surface area contributed by atoms with Crippen LogP contribution in [0.3, 0.4) is 0 Å². The van der Waals surface area contributed by atoms with E-state index in [0.29, 0.717) is 18.7 Å². The third-order valence-corrected chi connectivity index (χ3v) is 4.04. The van der Waals surface area contributed by atoms with E-state index in [9.17, 15) is 22.8 Å². The van der Waals surface area contributed by atoms with Crippen LogP contribution in [0.4, 0.5) is 13.2 Å². The van der Waals surface area contributed by atoms with Crippen molar-refractivity contribution in [3.05, 3.63) is 29.8 Å². The number of nitrogens with zero attached hydrogens (tertiary/aromatic N) is 1. The Balaban J connectivity index is 1.99. The molecule has 24 heavy (non-hydrogen) atoms. The molecule has 0 unspecified atom stereocenters. The molecule has 2 amide bonds. The van der Waals surface area contributed by atoms with Gasteiger partial charge < -0.3 is 15.0 Å². The number of carbonyl (C=O) groups excluding carboxylic acids is 2. The highest BCUT2D eigenvalue weighted by Crippen LogP contribution is 2.28. The van der Waals surface area contributed by atoms with Crippen LogP contribution < -0.4 is 10.1 Å². The lowest BCUT2D eigenvalue weighted by molar-refractivity contribution is -0.274. The molecule has 0 radical (unpaired) electrons. The van der Waals surface area contributed by atoms with Gasteiger partial charge in [0.1, 0.15) is 5.75 Å². The smallest absolute Gasteiger partial charge is 0.406 e. The first-order chi connectivity index (χ1) is 11.0. The molecule has 1 N–H and O–H groups in total. The Labute approximate surface area is 137 Å². The van der Waals surface area contributed by atoms with Crippen LogP contribution in [0.2, 0.25) is 0 Å². The minimum Gasteiger partial charge on any atom is -0.406 e. The monoisotopic (exact) mass is 344 g/mol. The van der Waals surface area contributed by atoms with Gasteiger partial charge in [-0.3, -0.25) is 9.59 Å². The van der Waals surface area contributed by atoms with Crippen LogP contribution in [0, 0.1) is 0 Å². The summed E-state index contributed by atoms with van der Waals surface area (Å²) < 4.78 is 40.3. The summed E-state index contributed by atoms with van der Waals surface area (Å²) in [6.07, 6.45) is -4.75. The van der Waals surface area contributed by atoms with Gasteiger partial charge in [-0.2, -0.15) is 0 Å². The summed E-state index contributed by atoms with van der Waals surface area (Å²) in [4.78, 5) is 25.2. The highest BCUT2D eigenvalue weighted by atomic mass is 19.4. The fraction of sp³-hybridized carbons (Fsp3) is 0.500. The van der Waals surface area contributed by atoms with Gasteiger partial charge >= 0.3 is 6.36 Å². The number of nitrogens with one attached hydrogen (secondary N) is 1. The third kappa shape index (κ3) is 4.18. The maximum absolute atomic E-state index is 12.4. The second-order valence-corrected chi connectivity index (χ2v) is 6.29. The number of likely N-dealkylation sites (tertiary alicyclic amines) is 1. The van der Waals surface area contributed by atoms with Gasteiger partial charge in [-0.1, -0.05) is 12.1 Å². The van der Waals surface area contributed by atoms with Crippen molar-refractivity contribution in [2.45, 2.75) is 38.6 Å². The predicted octanol–water partition coefficient (Wildman–Crippen LogP) is 2.21. The number of halogens is 3. The molecule has 1 aliphatic heterocycles. The maximum atomic E-state index is 12.4. The van der Waals surface area contributed by atoms with E-state index < -0.39 is 11.8 Å². The van der Waals surface area contributed by atoms with Crippen LogP contribution in [-0.2, 0) is 15.0 Å². The molecule has 0 saturated carbocycles. The molecule has 1 heterocycles. The number of ether oxygens (including phenoxy) is 1. The van der Waals surface area contributed by atoms with Crippen LogP contribution >= 0.6 is 0 Å². The van der Waals surface area contributed by atoms with E-state index in [0.717, 1.165) is 0 Å².